The molecule has 3 aliphatic carbocycles. The Kier molecular flexibility index (Phi) is 5.14. The van der Waals surface area contributed by atoms with E-state index < -0.39 is 17.9 Å². The van der Waals surface area contributed by atoms with Crippen LogP contribution in [0.25, 0.3) is 0 Å². The molecule has 4 fully saturated rings. The zero-order valence-electron chi connectivity index (χ0n) is 15.9. The van der Waals surface area contributed by atoms with Gasteiger partial charge in [0.05, 0.1) is 0 Å². The molecular weight excluding hydrogens is 346 g/mol. The second-order valence-electron chi connectivity index (χ2n) is 9.29. The fourth-order valence-electron chi connectivity index (χ4n) is 5.01. The van der Waals surface area contributed by atoms with E-state index in [-0.39, 0.29) is 29.7 Å². The minimum absolute atomic E-state index is 0.00764. The number of amides is 3. The summed E-state index contributed by atoms with van der Waals surface area (Å²) in [7, 11) is 0. The monoisotopic (exact) mass is 377 g/mol. The molecule has 1 saturated heterocycles. The average molecular weight is 377 g/mol. The molecule has 0 aromatic rings. The normalized spacial score (nSPS) is 27.6. The van der Waals surface area contributed by atoms with E-state index in [1.807, 2.05) is 0 Å². The standard InChI is InChI=1S/C20H31N3O4/c24-17(22-27)10-14(9-13-3-1-2-4-13)19(26)23-12-20(7-8-20)11-16(23)18(25)21-15-5-6-15/h13-16,27H,1-12H2,(H,21,25)(H,22,24). The average Bonchev–Trinajstić information content (AvgIpc) is 3.51. The molecule has 0 aromatic carbocycles. The fourth-order valence-corrected chi connectivity index (χ4v) is 5.01. The molecule has 4 aliphatic rings. The van der Waals surface area contributed by atoms with Crippen LogP contribution in [0.5, 0.6) is 0 Å². The predicted octanol–water partition coefficient (Wildman–Crippen LogP) is 1.74. The number of hydrogen-bond donors (Lipinski definition) is 3. The van der Waals surface area contributed by atoms with Crippen LogP contribution < -0.4 is 10.8 Å². The number of rotatable bonds is 7. The third kappa shape index (κ3) is 4.28. The van der Waals surface area contributed by atoms with Crippen molar-refractivity contribution in [3.63, 3.8) is 0 Å². The van der Waals surface area contributed by atoms with E-state index in [9.17, 15) is 14.4 Å². The quantitative estimate of drug-likeness (QED) is 0.465. The van der Waals surface area contributed by atoms with Crippen molar-refractivity contribution in [2.75, 3.05) is 6.54 Å². The lowest BCUT2D eigenvalue weighted by Crippen LogP contribution is -2.49. The van der Waals surface area contributed by atoms with Gasteiger partial charge in [0.15, 0.2) is 0 Å². The van der Waals surface area contributed by atoms with Gasteiger partial charge in [-0.25, -0.2) is 5.48 Å². The number of nitrogens with one attached hydrogen (secondary N) is 2. The first-order chi connectivity index (χ1) is 13.0. The van der Waals surface area contributed by atoms with Gasteiger partial charge in [0, 0.05) is 24.9 Å². The summed E-state index contributed by atoms with van der Waals surface area (Å²) in [4.78, 5) is 39.7. The van der Waals surface area contributed by atoms with Crippen molar-refractivity contribution in [2.24, 2.45) is 17.3 Å². The summed E-state index contributed by atoms with van der Waals surface area (Å²) in [6.07, 6.45) is 10.2. The van der Waals surface area contributed by atoms with Gasteiger partial charge in [-0.3, -0.25) is 19.6 Å². The summed E-state index contributed by atoms with van der Waals surface area (Å²) in [6.45, 7) is 0.635. The Labute approximate surface area is 160 Å². The van der Waals surface area contributed by atoms with E-state index in [1.165, 1.54) is 12.8 Å². The van der Waals surface area contributed by atoms with Crippen LogP contribution in [0.3, 0.4) is 0 Å². The molecule has 2 atom stereocenters. The second-order valence-corrected chi connectivity index (χ2v) is 9.29. The zero-order chi connectivity index (χ0) is 19.0. The number of likely N-dealkylation sites (tertiary alicyclic amines) is 1. The van der Waals surface area contributed by atoms with Crippen LogP contribution >= 0.6 is 0 Å². The lowest BCUT2D eigenvalue weighted by molar-refractivity contribution is -0.144. The minimum atomic E-state index is -0.523. The summed E-state index contributed by atoms with van der Waals surface area (Å²) < 4.78 is 0. The molecule has 3 saturated carbocycles. The molecule has 1 aliphatic heterocycles. The van der Waals surface area contributed by atoms with Crippen molar-refractivity contribution >= 4 is 17.7 Å². The van der Waals surface area contributed by atoms with E-state index in [0.717, 1.165) is 44.9 Å². The molecule has 4 rings (SSSR count). The van der Waals surface area contributed by atoms with Gasteiger partial charge in [-0.1, -0.05) is 25.7 Å². The van der Waals surface area contributed by atoms with Crippen molar-refractivity contribution in [3.05, 3.63) is 0 Å². The van der Waals surface area contributed by atoms with E-state index >= 15 is 0 Å². The van der Waals surface area contributed by atoms with Crippen LogP contribution in [0.15, 0.2) is 0 Å². The van der Waals surface area contributed by atoms with Gasteiger partial charge in [0.25, 0.3) is 0 Å². The van der Waals surface area contributed by atoms with Crippen LogP contribution in [0, 0.1) is 17.3 Å². The maximum atomic E-state index is 13.4. The van der Waals surface area contributed by atoms with Gasteiger partial charge in [0.1, 0.15) is 6.04 Å². The molecule has 7 nitrogen and oxygen atoms in total. The molecule has 3 N–H and O–H groups in total. The maximum absolute atomic E-state index is 13.4. The SMILES string of the molecule is O=C(CC(CC1CCCC1)C(=O)N1CC2(CC2)CC1C(=O)NC1CC1)NO. The van der Waals surface area contributed by atoms with Crippen LogP contribution in [-0.2, 0) is 14.4 Å². The number of nitrogens with zero attached hydrogens (tertiary/aromatic N) is 1. The molecule has 0 radical (unpaired) electrons. The highest BCUT2D eigenvalue weighted by molar-refractivity contribution is 5.91. The Morgan fingerprint density at radius 2 is 1.81 bits per heavy atom. The Bertz CT molecular complexity index is 608. The molecule has 150 valence electrons. The van der Waals surface area contributed by atoms with Crippen LogP contribution in [0.2, 0.25) is 0 Å². The topological polar surface area (TPSA) is 98.7 Å². The predicted molar refractivity (Wildman–Crippen MR) is 97.6 cm³/mol. The van der Waals surface area contributed by atoms with Gasteiger partial charge in [-0.05, 0) is 49.9 Å². The smallest absolute Gasteiger partial charge is 0.244 e. The van der Waals surface area contributed by atoms with Crippen LogP contribution in [-0.4, -0.2) is 46.5 Å². The highest BCUT2D eigenvalue weighted by Crippen LogP contribution is 2.55. The minimum Gasteiger partial charge on any atom is -0.352 e. The Morgan fingerprint density at radius 1 is 1.11 bits per heavy atom. The molecule has 7 heteroatoms. The highest BCUT2D eigenvalue weighted by Gasteiger charge is 2.56. The highest BCUT2D eigenvalue weighted by atomic mass is 16.5. The zero-order valence-corrected chi connectivity index (χ0v) is 15.9. The molecule has 3 amide bonds. The van der Waals surface area contributed by atoms with E-state index in [1.54, 1.807) is 10.4 Å². The lowest BCUT2D eigenvalue weighted by Gasteiger charge is -2.29. The lowest BCUT2D eigenvalue weighted by atomic mass is 9.89. The first-order valence-corrected chi connectivity index (χ1v) is 10.5. The number of hydroxylamine groups is 1. The largest absolute Gasteiger partial charge is 0.352 e. The maximum Gasteiger partial charge on any atom is 0.244 e. The molecule has 1 spiro atoms. The van der Waals surface area contributed by atoms with E-state index in [2.05, 4.69) is 5.32 Å². The Balaban J connectivity index is 1.48. The van der Waals surface area contributed by atoms with E-state index in [4.69, 9.17) is 5.21 Å². The van der Waals surface area contributed by atoms with Crippen molar-refractivity contribution in [2.45, 2.75) is 82.7 Å². The van der Waals surface area contributed by atoms with Gasteiger partial charge < -0.3 is 10.2 Å². The van der Waals surface area contributed by atoms with Crippen molar-refractivity contribution < 1.29 is 19.6 Å². The van der Waals surface area contributed by atoms with Crippen LogP contribution in [0.1, 0.15) is 70.6 Å². The second kappa shape index (κ2) is 7.41. The summed E-state index contributed by atoms with van der Waals surface area (Å²) in [5.74, 6) is -0.621. The summed E-state index contributed by atoms with van der Waals surface area (Å²) in [5.41, 5.74) is 1.80. The number of carbonyl (C=O) groups is 3. The number of hydrogen-bond acceptors (Lipinski definition) is 4. The molecule has 2 unspecified atom stereocenters. The van der Waals surface area contributed by atoms with Crippen molar-refractivity contribution in [3.8, 4) is 0 Å². The Morgan fingerprint density at radius 3 is 2.41 bits per heavy atom. The van der Waals surface area contributed by atoms with Crippen molar-refractivity contribution in [1.82, 2.24) is 15.7 Å². The van der Waals surface area contributed by atoms with Gasteiger partial charge in [-0.2, -0.15) is 0 Å². The third-order valence-electron chi connectivity index (χ3n) is 6.97. The summed E-state index contributed by atoms with van der Waals surface area (Å²) >= 11 is 0. The van der Waals surface area contributed by atoms with Gasteiger partial charge in [-0.15, -0.1) is 0 Å². The summed E-state index contributed by atoms with van der Waals surface area (Å²) in [6, 6.07) is -0.122. The molecule has 0 bridgehead atoms. The van der Waals surface area contributed by atoms with E-state index in [0.29, 0.717) is 18.9 Å². The molecule has 27 heavy (non-hydrogen) atoms. The molecule has 1 heterocycles. The molecular formula is C20H31N3O4. The first-order valence-electron chi connectivity index (χ1n) is 10.5. The van der Waals surface area contributed by atoms with Crippen LogP contribution in [0.4, 0.5) is 0 Å². The third-order valence-corrected chi connectivity index (χ3v) is 6.97. The number of carbonyl (C=O) groups excluding carboxylic acids is 3. The fraction of sp³-hybridized carbons (Fsp3) is 0.850. The first kappa shape index (κ1) is 18.7. The van der Waals surface area contributed by atoms with Gasteiger partial charge in [0.2, 0.25) is 17.7 Å². The molecule has 0 aromatic heterocycles. The van der Waals surface area contributed by atoms with Crippen molar-refractivity contribution in [1.29, 1.82) is 0 Å². The Hall–Kier alpha value is -1.63. The summed E-state index contributed by atoms with van der Waals surface area (Å²) in [5, 5.41) is 12.0. The van der Waals surface area contributed by atoms with Gasteiger partial charge >= 0.3 is 0 Å².